The lowest BCUT2D eigenvalue weighted by atomic mass is 9.79. The summed E-state index contributed by atoms with van der Waals surface area (Å²) < 4.78 is 41.2. The van der Waals surface area contributed by atoms with Crippen molar-refractivity contribution < 1.29 is 52.3 Å². The Morgan fingerprint density at radius 2 is 0.944 bits per heavy atom. The number of esters is 3. The van der Waals surface area contributed by atoms with Gasteiger partial charge >= 0.3 is 17.9 Å². The van der Waals surface area contributed by atoms with E-state index in [1.54, 1.807) is 60.7 Å². The van der Waals surface area contributed by atoms with E-state index in [2.05, 4.69) is 27.0 Å². The molecule has 2 fully saturated rings. The van der Waals surface area contributed by atoms with Gasteiger partial charge in [0.25, 0.3) is 0 Å². The van der Waals surface area contributed by atoms with Crippen LogP contribution in [0.2, 0.25) is 0 Å². The molecule has 2 aliphatic carbocycles. The largest absolute Gasteiger partial charge is 0.494 e. The Kier molecular flexibility index (Phi) is 26.8. The third-order valence-electron chi connectivity index (χ3n) is 14.0. The Labute approximate surface area is 430 Å². The third kappa shape index (κ3) is 20.7. The van der Waals surface area contributed by atoms with Crippen molar-refractivity contribution in [2.75, 3.05) is 39.6 Å². The number of rotatable bonds is 35. The monoisotopic (exact) mass is 993 g/mol. The Morgan fingerprint density at radius 1 is 0.500 bits per heavy atom. The van der Waals surface area contributed by atoms with E-state index in [9.17, 15) is 19.2 Å². The Morgan fingerprint density at radius 3 is 1.42 bits per heavy atom. The second-order valence-electron chi connectivity index (χ2n) is 19.8. The van der Waals surface area contributed by atoms with Crippen LogP contribution < -0.4 is 23.7 Å². The molecule has 11 nitrogen and oxygen atoms in total. The fourth-order valence-electron chi connectivity index (χ4n) is 9.64. The van der Waals surface area contributed by atoms with Crippen LogP contribution in [0.25, 0.3) is 0 Å². The van der Waals surface area contributed by atoms with Crippen LogP contribution in [0.15, 0.2) is 86.0 Å². The molecular weight excluding hydrogens is 909 g/mol. The zero-order valence-electron chi connectivity index (χ0n) is 43.6. The standard InChI is InChI=1S/C61H84O11/c1-5-9-11-13-19-46-21-25-49(26-22-46)59(63)70-56-45-58(72-61(65)51-31-35-54(36-32-51)69-42-18-16-40-67-38-8-4)57(71-60(64)50-27-23-47(24-28-50)20-14-12-10-6-2)44-52(56)43-55(62)48-29-33-53(34-30-48)68-41-17-15-39-66-37-7-3/h7-8,29-36,44-47,49-50H,3-6,9-28,37-43H2,1-2H3. The zero-order chi connectivity index (χ0) is 51.2. The minimum Gasteiger partial charge on any atom is -0.494 e. The molecule has 0 amide bonds. The topological polar surface area (TPSA) is 133 Å². The molecule has 3 aromatic rings. The number of hydrogen-bond donors (Lipinski definition) is 0. The van der Waals surface area contributed by atoms with Gasteiger partial charge in [-0.15, -0.1) is 13.2 Å². The minimum absolute atomic E-state index is 0.0168. The molecule has 0 heterocycles. The van der Waals surface area contributed by atoms with E-state index in [4.69, 9.17) is 33.2 Å². The predicted octanol–water partition coefficient (Wildman–Crippen LogP) is 14.4. The molecule has 11 heteroatoms. The molecular formula is C61H84O11. The first-order chi connectivity index (χ1) is 35.2. The number of unbranched alkanes of at least 4 members (excludes halogenated alkanes) is 8. The molecule has 3 aromatic carbocycles. The van der Waals surface area contributed by atoms with Gasteiger partial charge in [-0.2, -0.15) is 0 Å². The highest BCUT2D eigenvalue weighted by atomic mass is 16.6. The van der Waals surface area contributed by atoms with Crippen LogP contribution >= 0.6 is 0 Å². The van der Waals surface area contributed by atoms with Crippen molar-refractivity contribution >= 4 is 23.7 Å². The van der Waals surface area contributed by atoms with E-state index in [-0.39, 0.29) is 46.9 Å². The average Bonchev–Trinajstić information content (AvgIpc) is 3.40. The van der Waals surface area contributed by atoms with Gasteiger partial charge in [0.1, 0.15) is 17.2 Å². The van der Waals surface area contributed by atoms with Gasteiger partial charge < -0.3 is 33.2 Å². The van der Waals surface area contributed by atoms with Gasteiger partial charge in [0.05, 0.1) is 43.8 Å². The van der Waals surface area contributed by atoms with Gasteiger partial charge in [-0.25, -0.2) is 4.79 Å². The Balaban J connectivity index is 1.37. The number of carbonyl (C=O) groups excluding carboxylic acids is 4. The molecule has 72 heavy (non-hydrogen) atoms. The fourth-order valence-corrected chi connectivity index (χ4v) is 9.64. The molecule has 394 valence electrons. The second kappa shape index (κ2) is 33.5. The lowest BCUT2D eigenvalue weighted by Gasteiger charge is -2.28. The molecule has 2 aliphatic rings. The number of Topliss-reactive ketones (excluding diaryl/α,β-unsaturated/α-hetero) is 1. The van der Waals surface area contributed by atoms with E-state index in [1.807, 2.05) is 0 Å². The summed E-state index contributed by atoms with van der Waals surface area (Å²) in [5.41, 5.74) is 1.01. The van der Waals surface area contributed by atoms with Gasteiger partial charge in [-0.05, 0) is 143 Å². The van der Waals surface area contributed by atoms with Gasteiger partial charge in [-0.3, -0.25) is 14.4 Å². The Bertz CT molecular complexity index is 1930. The summed E-state index contributed by atoms with van der Waals surface area (Å²) in [6.45, 7) is 15.0. The summed E-state index contributed by atoms with van der Waals surface area (Å²) in [6.07, 6.45) is 25.3. The summed E-state index contributed by atoms with van der Waals surface area (Å²) in [7, 11) is 0. The summed E-state index contributed by atoms with van der Waals surface area (Å²) in [5.74, 6) is -0.0173. The van der Waals surface area contributed by atoms with Crippen molar-refractivity contribution in [3.05, 3.63) is 103 Å². The highest BCUT2D eigenvalue weighted by molar-refractivity contribution is 5.98. The molecule has 5 rings (SSSR count). The molecule has 0 radical (unpaired) electrons. The number of ketones is 1. The number of ether oxygens (including phenoxy) is 7. The van der Waals surface area contributed by atoms with E-state index in [0.717, 1.165) is 51.4 Å². The van der Waals surface area contributed by atoms with E-state index in [1.165, 1.54) is 76.3 Å². The van der Waals surface area contributed by atoms with E-state index in [0.29, 0.717) is 99.8 Å². The molecule has 0 unspecified atom stereocenters. The van der Waals surface area contributed by atoms with Crippen LogP contribution in [0, 0.1) is 23.7 Å². The van der Waals surface area contributed by atoms with E-state index >= 15 is 0 Å². The van der Waals surface area contributed by atoms with E-state index < -0.39 is 17.9 Å². The maximum atomic E-state index is 14.1. The smallest absolute Gasteiger partial charge is 0.343 e. The van der Waals surface area contributed by atoms with Crippen LogP contribution in [-0.4, -0.2) is 63.3 Å². The van der Waals surface area contributed by atoms with Crippen molar-refractivity contribution in [2.24, 2.45) is 23.7 Å². The number of carbonyl (C=O) groups is 4. The van der Waals surface area contributed by atoms with Crippen LogP contribution in [0.1, 0.15) is 181 Å². The van der Waals surface area contributed by atoms with Gasteiger partial charge in [0.2, 0.25) is 0 Å². The lowest BCUT2D eigenvalue weighted by Crippen LogP contribution is -2.27. The van der Waals surface area contributed by atoms with Gasteiger partial charge in [0, 0.05) is 36.8 Å². The van der Waals surface area contributed by atoms with Gasteiger partial charge in [0.15, 0.2) is 17.3 Å². The molecule has 0 N–H and O–H groups in total. The first kappa shape index (κ1) is 57.6. The van der Waals surface area contributed by atoms with Crippen LogP contribution in [0.4, 0.5) is 0 Å². The predicted molar refractivity (Wildman–Crippen MR) is 283 cm³/mol. The van der Waals surface area contributed by atoms with Crippen LogP contribution in [0.3, 0.4) is 0 Å². The van der Waals surface area contributed by atoms with Crippen molar-refractivity contribution in [3.63, 3.8) is 0 Å². The normalized spacial score (nSPS) is 17.6. The summed E-state index contributed by atoms with van der Waals surface area (Å²) in [4.78, 5) is 56.2. The minimum atomic E-state index is -0.705. The van der Waals surface area contributed by atoms with Crippen LogP contribution in [-0.2, 0) is 25.5 Å². The fraction of sp³-hybridized carbons (Fsp3) is 0.574. The molecule has 0 spiro atoms. The summed E-state index contributed by atoms with van der Waals surface area (Å²) >= 11 is 0. The number of benzene rings is 3. The van der Waals surface area contributed by atoms with Crippen molar-refractivity contribution in [3.8, 4) is 28.7 Å². The number of hydrogen-bond acceptors (Lipinski definition) is 11. The SMILES string of the molecule is C=CCOCCCCOc1ccc(C(=O)Cc2cc(OC(=O)C3CCC(CCCCCC)CC3)c(OC(=O)c3ccc(OCCCCOCC=C)cc3)cc2OC(=O)C2CCC(CCCCCC)CC2)cc1. The lowest BCUT2D eigenvalue weighted by molar-refractivity contribution is -0.141. The van der Waals surface area contributed by atoms with Crippen LogP contribution in [0.5, 0.6) is 28.7 Å². The summed E-state index contributed by atoms with van der Waals surface area (Å²) in [6, 6.07) is 16.6. The van der Waals surface area contributed by atoms with Gasteiger partial charge in [-0.1, -0.05) is 90.2 Å². The van der Waals surface area contributed by atoms with Crippen molar-refractivity contribution in [2.45, 2.75) is 162 Å². The van der Waals surface area contributed by atoms with Crippen molar-refractivity contribution in [1.82, 2.24) is 0 Å². The third-order valence-corrected chi connectivity index (χ3v) is 14.0. The Hall–Kier alpha value is -5.26. The molecule has 2 saturated carbocycles. The highest BCUT2D eigenvalue weighted by Gasteiger charge is 2.32. The second-order valence-corrected chi connectivity index (χ2v) is 19.8. The molecule has 0 atom stereocenters. The summed E-state index contributed by atoms with van der Waals surface area (Å²) in [5, 5.41) is 0. The maximum absolute atomic E-state index is 14.1. The first-order valence-corrected chi connectivity index (χ1v) is 27.4. The molecule has 0 aliphatic heterocycles. The average molecular weight is 993 g/mol. The zero-order valence-corrected chi connectivity index (χ0v) is 43.6. The van der Waals surface area contributed by atoms with Crippen molar-refractivity contribution in [1.29, 1.82) is 0 Å². The highest BCUT2D eigenvalue weighted by Crippen LogP contribution is 2.40. The molecule has 0 bridgehead atoms. The maximum Gasteiger partial charge on any atom is 0.343 e. The first-order valence-electron chi connectivity index (χ1n) is 27.4. The molecule has 0 saturated heterocycles. The quantitative estimate of drug-likeness (QED) is 0.0183. The molecule has 0 aromatic heterocycles.